The highest BCUT2D eigenvalue weighted by Crippen LogP contribution is 2.32. The van der Waals surface area contributed by atoms with Gasteiger partial charge < -0.3 is 10.6 Å². The van der Waals surface area contributed by atoms with Crippen molar-refractivity contribution in [2.75, 3.05) is 10.6 Å². The lowest BCUT2D eigenvalue weighted by atomic mass is 10.1. The predicted octanol–water partition coefficient (Wildman–Crippen LogP) is 3.56. The van der Waals surface area contributed by atoms with E-state index < -0.39 is 11.3 Å². The second kappa shape index (κ2) is 8.05. The fraction of sp³-hybridized carbons (Fsp3) is 0.412. The minimum absolute atomic E-state index is 0.371. The fourth-order valence-electron chi connectivity index (χ4n) is 2.24. The number of urea groups is 1. The van der Waals surface area contributed by atoms with E-state index in [1.807, 2.05) is 32.0 Å². The quantitative estimate of drug-likeness (QED) is 0.652. The first-order valence-corrected chi connectivity index (χ1v) is 10.1. The SMILES string of the molecule is Cc1ccc(NC(=O)NC(=O)C(C)Sc2nnc(NC3CC3)s2)c(C)c1. The summed E-state index contributed by atoms with van der Waals surface area (Å²) in [5, 5.41) is 16.8. The van der Waals surface area contributed by atoms with Gasteiger partial charge in [0.25, 0.3) is 0 Å². The van der Waals surface area contributed by atoms with Crippen molar-refractivity contribution in [3.8, 4) is 0 Å². The molecule has 9 heteroatoms. The maximum atomic E-state index is 12.2. The van der Waals surface area contributed by atoms with Gasteiger partial charge in [0.15, 0.2) is 4.34 Å². The van der Waals surface area contributed by atoms with E-state index in [1.165, 1.54) is 23.1 Å². The highest BCUT2D eigenvalue weighted by molar-refractivity contribution is 8.02. The molecule has 138 valence electrons. The number of imide groups is 1. The van der Waals surface area contributed by atoms with Crippen molar-refractivity contribution in [1.82, 2.24) is 15.5 Å². The molecule has 7 nitrogen and oxygen atoms in total. The number of carbonyl (C=O) groups excluding carboxylic acids is 2. The van der Waals surface area contributed by atoms with Crippen LogP contribution in [0.15, 0.2) is 22.5 Å². The highest BCUT2D eigenvalue weighted by Gasteiger charge is 2.23. The number of thioether (sulfide) groups is 1. The monoisotopic (exact) mass is 391 g/mol. The zero-order valence-electron chi connectivity index (χ0n) is 14.8. The van der Waals surface area contributed by atoms with Gasteiger partial charge in [0, 0.05) is 11.7 Å². The molecule has 3 N–H and O–H groups in total. The lowest BCUT2D eigenvalue weighted by molar-refractivity contribution is -0.119. The molecule has 3 rings (SSSR count). The number of aryl methyl sites for hydroxylation is 2. The van der Waals surface area contributed by atoms with Crippen LogP contribution in [0.4, 0.5) is 15.6 Å². The third kappa shape index (κ3) is 5.18. The van der Waals surface area contributed by atoms with E-state index in [1.54, 1.807) is 6.92 Å². The summed E-state index contributed by atoms with van der Waals surface area (Å²) in [6.45, 7) is 5.63. The van der Waals surface area contributed by atoms with Gasteiger partial charge in [-0.2, -0.15) is 0 Å². The predicted molar refractivity (Wildman–Crippen MR) is 105 cm³/mol. The molecule has 0 aliphatic heterocycles. The third-order valence-corrected chi connectivity index (χ3v) is 5.86. The van der Waals surface area contributed by atoms with Crippen molar-refractivity contribution in [3.63, 3.8) is 0 Å². The molecule has 0 radical (unpaired) electrons. The zero-order chi connectivity index (χ0) is 18.7. The maximum absolute atomic E-state index is 12.2. The van der Waals surface area contributed by atoms with Crippen LogP contribution < -0.4 is 16.0 Å². The molecule has 1 fully saturated rings. The smallest absolute Gasteiger partial charge is 0.325 e. The Morgan fingerprint density at radius 2 is 2.04 bits per heavy atom. The Balaban J connectivity index is 1.49. The molecule has 1 unspecified atom stereocenters. The van der Waals surface area contributed by atoms with Gasteiger partial charge in [0.1, 0.15) is 0 Å². The number of anilines is 2. The van der Waals surface area contributed by atoms with Gasteiger partial charge in [-0.25, -0.2) is 4.79 Å². The van der Waals surface area contributed by atoms with E-state index in [2.05, 4.69) is 26.1 Å². The summed E-state index contributed by atoms with van der Waals surface area (Å²) in [4.78, 5) is 24.3. The van der Waals surface area contributed by atoms with Gasteiger partial charge in [-0.1, -0.05) is 40.8 Å². The summed E-state index contributed by atoms with van der Waals surface area (Å²) >= 11 is 2.71. The van der Waals surface area contributed by atoms with E-state index in [-0.39, 0.29) is 5.91 Å². The van der Waals surface area contributed by atoms with Crippen LogP contribution in [-0.2, 0) is 4.79 Å². The standard InChI is InChI=1S/C17H21N5O2S2/c1-9-4-7-13(10(2)8-9)19-15(24)20-14(23)11(3)25-17-22-21-16(26-17)18-12-5-6-12/h4,7-8,11-12H,5-6H2,1-3H3,(H,18,21)(H2,19,20,23,24). The van der Waals surface area contributed by atoms with Crippen LogP contribution in [0.1, 0.15) is 30.9 Å². The number of aromatic nitrogens is 2. The van der Waals surface area contributed by atoms with E-state index in [4.69, 9.17) is 0 Å². The largest absolute Gasteiger partial charge is 0.357 e. The first-order chi connectivity index (χ1) is 12.4. The molecule has 1 heterocycles. The molecule has 0 bridgehead atoms. The lowest BCUT2D eigenvalue weighted by Gasteiger charge is -2.12. The van der Waals surface area contributed by atoms with Crippen LogP contribution in [0.25, 0.3) is 0 Å². The molecule has 3 amide bonds. The van der Waals surface area contributed by atoms with Crippen LogP contribution in [0.2, 0.25) is 0 Å². The van der Waals surface area contributed by atoms with Gasteiger partial charge in [0.2, 0.25) is 11.0 Å². The van der Waals surface area contributed by atoms with Gasteiger partial charge in [0.05, 0.1) is 5.25 Å². The fourth-order valence-corrected chi connectivity index (χ4v) is 4.22. The molecule has 0 spiro atoms. The molecule has 1 aromatic heterocycles. The second-order valence-corrected chi connectivity index (χ2v) is 8.88. The second-order valence-electron chi connectivity index (χ2n) is 6.31. The highest BCUT2D eigenvalue weighted by atomic mass is 32.2. The molecule has 1 atom stereocenters. The number of nitrogens with zero attached hydrogens (tertiary/aromatic N) is 2. The number of amides is 3. The summed E-state index contributed by atoms with van der Waals surface area (Å²) in [6, 6.07) is 5.67. The number of nitrogens with one attached hydrogen (secondary N) is 3. The summed E-state index contributed by atoms with van der Waals surface area (Å²) < 4.78 is 0.700. The Morgan fingerprint density at radius 3 is 2.73 bits per heavy atom. The summed E-state index contributed by atoms with van der Waals surface area (Å²) in [5.74, 6) is -0.371. The number of rotatable bonds is 6. The van der Waals surface area contributed by atoms with Crippen molar-refractivity contribution >= 4 is 45.9 Å². The van der Waals surface area contributed by atoms with Gasteiger partial charge in [-0.05, 0) is 45.2 Å². The molecule has 0 saturated heterocycles. The molecule has 1 aliphatic rings. The molecule has 1 aromatic carbocycles. The Labute approximate surface area is 160 Å². The Kier molecular flexibility index (Phi) is 5.77. The van der Waals surface area contributed by atoms with Crippen LogP contribution in [0.3, 0.4) is 0 Å². The van der Waals surface area contributed by atoms with Crippen LogP contribution in [0.5, 0.6) is 0 Å². The number of hydrogen-bond acceptors (Lipinski definition) is 7. The minimum atomic E-state index is -0.539. The van der Waals surface area contributed by atoms with E-state index >= 15 is 0 Å². The van der Waals surface area contributed by atoms with E-state index in [9.17, 15) is 9.59 Å². The normalized spacial score (nSPS) is 14.6. The summed E-state index contributed by atoms with van der Waals surface area (Å²) in [5.41, 5.74) is 2.74. The van der Waals surface area contributed by atoms with E-state index in [0.717, 1.165) is 29.1 Å². The molecule has 1 aliphatic carbocycles. The summed E-state index contributed by atoms with van der Waals surface area (Å²) in [7, 11) is 0. The Morgan fingerprint density at radius 1 is 1.27 bits per heavy atom. The third-order valence-electron chi connectivity index (χ3n) is 3.83. The van der Waals surface area contributed by atoms with Crippen molar-refractivity contribution in [1.29, 1.82) is 0 Å². The van der Waals surface area contributed by atoms with E-state index in [0.29, 0.717) is 16.1 Å². The maximum Gasteiger partial charge on any atom is 0.325 e. The number of benzene rings is 1. The van der Waals surface area contributed by atoms with Gasteiger partial charge in [-0.15, -0.1) is 10.2 Å². The zero-order valence-corrected chi connectivity index (χ0v) is 16.5. The van der Waals surface area contributed by atoms with Crippen molar-refractivity contribution in [2.45, 2.75) is 49.2 Å². The molecule has 26 heavy (non-hydrogen) atoms. The lowest BCUT2D eigenvalue weighted by Crippen LogP contribution is -2.39. The molecular weight excluding hydrogens is 370 g/mol. The van der Waals surface area contributed by atoms with Gasteiger partial charge in [-0.3, -0.25) is 10.1 Å². The Hall–Kier alpha value is -2.13. The minimum Gasteiger partial charge on any atom is -0.357 e. The number of carbonyl (C=O) groups is 2. The van der Waals surface area contributed by atoms with Gasteiger partial charge >= 0.3 is 6.03 Å². The van der Waals surface area contributed by atoms with Crippen LogP contribution in [0, 0.1) is 13.8 Å². The van der Waals surface area contributed by atoms with Crippen LogP contribution >= 0.6 is 23.1 Å². The average molecular weight is 392 g/mol. The first kappa shape index (κ1) is 18.7. The molecule has 1 saturated carbocycles. The van der Waals surface area contributed by atoms with Crippen molar-refractivity contribution < 1.29 is 9.59 Å². The summed E-state index contributed by atoms with van der Waals surface area (Å²) in [6.07, 6.45) is 2.33. The number of hydrogen-bond donors (Lipinski definition) is 3. The Bertz CT molecular complexity index is 819. The topological polar surface area (TPSA) is 96.0 Å². The molecular formula is C17H21N5O2S2. The first-order valence-electron chi connectivity index (χ1n) is 8.36. The van der Waals surface area contributed by atoms with Crippen molar-refractivity contribution in [2.24, 2.45) is 0 Å². The van der Waals surface area contributed by atoms with Crippen molar-refractivity contribution in [3.05, 3.63) is 29.3 Å². The molecule has 2 aromatic rings. The van der Waals surface area contributed by atoms with Crippen LogP contribution in [-0.4, -0.2) is 33.4 Å². The average Bonchev–Trinajstić information content (AvgIpc) is 3.28.